The summed E-state index contributed by atoms with van der Waals surface area (Å²) in [7, 11) is 0. The molecule has 0 aromatic rings. The van der Waals surface area contributed by atoms with Crippen LogP contribution in [-0.4, -0.2) is 28.8 Å². The fourth-order valence-electron chi connectivity index (χ4n) is 0.266. The highest BCUT2D eigenvalue weighted by Crippen LogP contribution is 2.20. The minimum atomic E-state index is -3.92. The van der Waals surface area contributed by atoms with Crippen LogP contribution in [0.4, 0.5) is 8.78 Å². The lowest BCUT2D eigenvalue weighted by atomic mass is 10.7. The molecule has 3 nitrogen and oxygen atoms in total. The molecular formula is C4H3ClF2NO2+. The second-order valence-electron chi connectivity index (χ2n) is 1.66. The largest absolute Gasteiger partial charge is 0.464 e. The number of halogens is 3. The fraction of sp³-hybridized carbons (Fsp3) is 0.500. The summed E-state index contributed by atoms with van der Waals surface area (Å²) in [6.45, 7) is 0.374. The molecule has 0 bridgehead atoms. The molecule has 0 aromatic carbocycles. The molecule has 0 atom stereocenters. The Morgan fingerprint density at radius 1 is 1.80 bits per heavy atom. The monoisotopic (exact) mass is 170 g/mol. The van der Waals surface area contributed by atoms with Crippen LogP contribution in [-0.2, 0) is 9.63 Å². The Hall–Kier alpha value is -0.710. The molecule has 0 fully saturated rings. The van der Waals surface area contributed by atoms with Crippen molar-refractivity contribution in [2.75, 3.05) is 6.54 Å². The molecule has 0 N–H and O–H groups in total. The summed E-state index contributed by atoms with van der Waals surface area (Å²) in [6.07, 6.45) is 1.42. The lowest BCUT2D eigenvalue weighted by molar-refractivity contribution is -0.700. The van der Waals surface area contributed by atoms with Crippen LogP contribution in [0.25, 0.3) is 0 Å². The molecule has 0 aliphatic carbocycles. The van der Waals surface area contributed by atoms with Crippen LogP contribution in [0.3, 0.4) is 0 Å². The SMILES string of the molecule is O=C(O[N+]1=CC1)C(F)(F)Cl. The number of hydroxylamine groups is 1. The molecule has 0 saturated carbocycles. The summed E-state index contributed by atoms with van der Waals surface area (Å²) in [5.41, 5.74) is 0. The first kappa shape index (κ1) is 7.40. The van der Waals surface area contributed by atoms with Crippen molar-refractivity contribution in [1.29, 1.82) is 0 Å². The average Bonchev–Trinajstić information content (AvgIpc) is 2.47. The highest BCUT2D eigenvalue weighted by Gasteiger charge is 2.43. The summed E-state index contributed by atoms with van der Waals surface area (Å²) in [5, 5.41) is -3.92. The van der Waals surface area contributed by atoms with E-state index in [0.29, 0.717) is 6.54 Å². The van der Waals surface area contributed by atoms with Crippen LogP contribution in [0.15, 0.2) is 0 Å². The molecule has 1 aliphatic heterocycles. The molecule has 0 aromatic heterocycles. The van der Waals surface area contributed by atoms with Crippen molar-refractivity contribution in [2.45, 2.75) is 5.38 Å². The fourth-order valence-corrected chi connectivity index (χ4v) is 0.301. The lowest BCUT2D eigenvalue weighted by Gasteiger charge is -1.98. The Kier molecular flexibility index (Phi) is 1.60. The third kappa shape index (κ3) is 1.91. The predicted octanol–water partition coefficient (Wildman–Crippen LogP) is 0.373. The van der Waals surface area contributed by atoms with Gasteiger partial charge < -0.3 is 0 Å². The molecule has 0 spiro atoms. The third-order valence-corrected chi connectivity index (χ3v) is 0.918. The first-order chi connectivity index (χ1) is 4.50. The van der Waals surface area contributed by atoms with Gasteiger partial charge in [0.2, 0.25) is 0 Å². The Morgan fingerprint density at radius 3 is 2.60 bits per heavy atom. The van der Waals surface area contributed by atoms with Gasteiger partial charge in [0.15, 0.2) is 0 Å². The molecule has 1 aliphatic rings. The molecular weight excluding hydrogens is 167 g/mol. The molecule has 0 radical (unpaired) electrons. The smallest absolute Gasteiger partial charge is 0.236 e. The van der Waals surface area contributed by atoms with Gasteiger partial charge in [-0.1, -0.05) is 0 Å². The summed E-state index contributed by atoms with van der Waals surface area (Å²) < 4.78 is 24.5. The topological polar surface area (TPSA) is 29.3 Å². The van der Waals surface area contributed by atoms with Crippen molar-refractivity contribution in [2.24, 2.45) is 0 Å². The summed E-state index contributed by atoms with van der Waals surface area (Å²) in [6, 6.07) is 0. The maximum absolute atomic E-state index is 11.8. The summed E-state index contributed by atoms with van der Waals surface area (Å²) in [4.78, 5) is 14.1. The van der Waals surface area contributed by atoms with E-state index in [9.17, 15) is 13.6 Å². The normalized spacial score (nSPS) is 16.1. The van der Waals surface area contributed by atoms with Crippen molar-refractivity contribution >= 4 is 23.8 Å². The molecule has 0 unspecified atom stereocenters. The van der Waals surface area contributed by atoms with Crippen LogP contribution in [0.1, 0.15) is 0 Å². The predicted molar refractivity (Wildman–Crippen MR) is 28.1 cm³/mol. The number of alkyl halides is 3. The first-order valence-electron chi connectivity index (χ1n) is 2.39. The van der Waals surface area contributed by atoms with E-state index in [1.807, 2.05) is 0 Å². The number of rotatable bonds is 2. The van der Waals surface area contributed by atoms with E-state index in [1.165, 1.54) is 6.21 Å². The maximum atomic E-state index is 11.8. The van der Waals surface area contributed by atoms with Crippen molar-refractivity contribution in [3.8, 4) is 0 Å². The van der Waals surface area contributed by atoms with Crippen molar-refractivity contribution in [3.05, 3.63) is 0 Å². The van der Waals surface area contributed by atoms with Crippen LogP contribution in [0.2, 0.25) is 0 Å². The zero-order chi connectivity index (χ0) is 7.78. The molecule has 10 heavy (non-hydrogen) atoms. The molecule has 1 rings (SSSR count). The number of carbonyl (C=O) groups excluding carboxylic acids is 1. The maximum Gasteiger partial charge on any atom is 0.464 e. The molecule has 1 heterocycles. The van der Waals surface area contributed by atoms with E-state index >= 15 is 0 Å². The minimum absolute atomic E-state index is 0.374. The average molecular weight is 171 g/mol. The molecule has 6 heteroatoms. The van der Waals surface area contributed by atoms with Gasteiger partial charge in [-0.15, -0.1) is 0 Å². The molecule has 56 valence electrons. The van der Waals surface area contributed by atoms with Gasteiger partial charge in [0.25, 0.3) is 12.8 Å². The Bertz CT molecular complexity index is 198. The Labute approximate surface area is 59.8 Å². The van der Waals surface area contributed by atoms with E-state index in [1.54, 1.807) is 0 Å². The van der Waals surface area contributed by atoms with Crippen LogP contribution in [0, 0.1) is 0 Å². The number of hydrogen-bond donors (Lipinski definition) is 0. The van der Waals surface area contributed by atoms with Crippen LogP contribution < -0.4 is 0 Å². The Morgan fingerprint density at radius 2 is 2.30 bits per heavy atom. The zero-order valence-electron chi connectivity index (χ0n) is 4.68. The van der Waals surface area contributed by atoms with E-state index in [4.69, 9.17) is 0 Å². The van der Waals surface area contributed by atoms with E-state index in [0.717, 1.165) is 4.74 Å². The van der Waals surface area contributed by atoms with Crippen LogP contribution >= 0.6 is 11.6 Å². The molecule has 0 amide bonds. The van der Waals surface area contributed by atoms with Crippen LogP contribution in [0.5, 0.6) is 0 Å². The van der Waals surface area contributed by atoms with E-state index in [-0.39, 0.29) is 0 Å². The zero-order valence-corrected chi connectivity index (χ0v) is 5.44. The second kappa shape index (κ2) is 2.16. The Balaban J connectivity index is 2.40. The van der Waals surface area contributed by atoms with Gasteiger partial charge in [-0.2, -0.15) is 13.6 Å². The van der Waals surface area contributed by atoms with Gasteiger partial charge in [-0.3, -0.25) is 0 Å². The number of nitrogens with zero attached hydrogens (tertiary/aromatic N) is 1. The van der Waals surface area contributed by atoms with Gasteiger partial charge in [0.1, 0.15) is 0 Å². The van der Waals surface area contributed by atoms with Crippen molar-refractivity contribution in [3.63, 3.8) is 0 Å². The van der Waals surface area contributed by atoms with Crippen molar-refractivity contribution in [1.82, 2.24) is 0 Å². The highest BCUT2D eigenvalue weighted by atomic mass is 35.5. The number of carbonyl (C=O) groups is 1. The van der Waals surface area contributed by atoms with Gasteiger partial charge >= 0.3 is 11.4 Å². The lowest BCUT2D eigenvalue weighted by Crippen LogP contribution is -2.25. The summed E-state index contributed by atoms with van der Waals surface area (Å²) in [5.74, 6) is -1.75. The van der Waals surface area contributed by atoms with Gasteiger partial charge in [-0.25, -0.2) is 4.79 Å². The quantitative estimate of drug-likeness (QED) is 0.341. The first-order valence-corrected chi connectivity index (χ1v) is 2.77. The molecule has 0 saturated heterocycles. The standard InChI is InChI=1S/C4H3ClF2NO2/c5-4(6,7)3(9)10-8-1-2-8/h1H,2H2/q+1. The van der Waals surface area contributed by atoms with E-state index in [2.05, 4.69) is 16.4 Å². The van der Waals surface area contributed by atoms with Gasteiger partial charge in [-0.05, 0) is 16.3 Å². The summed E-state index contributed by atoms with van der Waals surface area (Å²) >= 11 is 4.31. The highest BCUT2D eigenvalue weighted by molar-refractivity contribution is 6.31. The third-order valence-electron chi connectivity index (χ3n) is 0.763. The van der Waals surface area contributed by atoms with Gasteiger partial charge in [0.05, 0.1) is 0 Å². The van der Waals surface area contributed by atoms with Gasteiger partial charge in [0, 0.05) is 0 Å². The second-order valence-corrected chi connectivity index (χ2v) is 2.13. The number of hydrogen-bond acceptors (Lipinski definition) is 2. The van der Waals surface area contributed by atoms with Crippen molar-refractivity contribution < 1.29 is 23.2 Å². The van der Waals surface area contributed by atoms with E-state index < -0.39 is 11.4 Å². The minimum Gasteiger partial charge on any atom is -0.236 e.